The third kappa shape index (κ3) is 5.96. The number of carbonyl (C=O) groups is 2. The van der Waals surface area contributed by atoms with Gasteiger partial charge in [-0.15, -0.1) is 0 Å². The van der Waals surface area contributed by atoms with E-state index in [2.05, 4.69) is 31.8 Å². The van der Waals surface area contributed by atoms with Gasteiger partial charge in [0, 0.05) is 15.7 Å². The minimum Gasteiger partial charge on any atom is -0.504 e. The predicted molar refractivity (Wildman–Crippen MR) is 118 cm³/mol. The first kappa shape index (κ1) is 23.2. The van der Waals surface area contributed by atoms with E-state index in [9.17, 15) is 14.7 Å². The number of methoxy groups -OCH3 is 2. The molecule has 0 bridgehead atoms. The Morgan fingerprint density at radius 2 is 1.77 bits per heavy atom. The van der Waals surface area contributed by atoms with Crippen LogP contribution in [0.15, 0.2) is 46.0 Å². The summed E-state index contributed by atoms with van der Waals surface area (Å²) in [7, 11) is 2.98. The maximum atomic E-state index is 12.6. The van der Waals surface area contributed by atoms with Crippen LogP contribution >= 0.6 is 15.9 Å². The van der Waals surface area contributed by atoms with Gasteiger partial charge in [0.25, 0.3) is 5.91 Å². The van der Waals surface area contributed by atoms with E-state index < -0.39 is 17.7 Å². The number of rotatable bonds is 8. The zero-order valence-electron chi connectivity index (χ0n) is 17.1. The Bertz CT molecular complexity index is 929. The number of amides is 2. The molecule has 2 aromatic carbocycles. The smallest absolute Gasteiger partial charge is 0.252 e. The number of halogens is 1. The quantitative estimate of drug-likeness (QED) is 0.306. The molecule has 2 amide bonds. The summed E-state index contributed by atoms with van der Waals surface area (Å²) in [4.78, 5) is 25.2. The molecule has 1 atom stereocenters. The van der Waals surface area contributed by atoms with Crippen molar-refractivity contribution in [2.24, 2.45) is 16.9 Å². The van der Waals surface area contributed by atoms with E-state index in [0.29, 0.717) is 21.5 Å². The molecule has 0 radical (unpaired) electrons. The highest BCUT2D eigenvalue weighted by molar-refractivity contribution is 9.10. The minimum absolute atomic E-state index is 0.114. The standard InChI is InChI=1S/C21H24BrN3O5/c1-12(2)18(20(27)24-15-5-7-16(29-3)8-6-15)21(28)25-23-11-13-9-14(22)10-17(30-4)19(13)26/h5-12,18,26H,1-4H3,(H,24,27)(H,25,28). The van der Waals surface area contributed by atoms with Gasteiger partial charge in [-0.3, -0.25) is 9.59 Å². The molecule has 0 aliphatic rings. The number of ether oxygens (including phenoxy) is 2. The molecule has 0 aromatic heterocycles. The first-order valence-electron chi connectivity index (χ1n) is 9.11. The van der Waals surface area contributed by atoms with E-state index in [0.717, 1.165) is 0 Å². The zero-order valence-corrected chi connectivity index (χ0v) is 18.7. The lowest BCUT2D eigenvalue weighted by Gasteiger charge is -2.18. The van der Waals surface area contributed by atoms with E-state index in [1.807, 2.05) is 0 Å². The maximum absolute atomic E-state index is 12.6. The Morgan fingerprint density at radius 3 is 2.33 bits per heavy atom. The molecule has 0 heterocycles. The summed E-state index contributed by atoms with van der Waals surface area (Å²) in [6, 6.07) is 10.0. The second-order valence-electron chi connectivity index (χ2n) is 6.72. The lowest BCUT2D eigenvalue weighted by atomic mass is 9.94. The Labute approximate surface area is 183 Å². The number of phenolic OH excluding ortho intramolecular Hbond substituents is 1. The van der Waals surface area contributed by atoms with Crippen molar-refractivity contribution in [3.8, 4) is 17.2 Å². The lowest BCUT2D eigenvalue weighted by molar-refractivity contribution is -0.134. The van der Waals surface area contributed by atoms with Gasteiger partial charge in [-0.25, -0.2) is 5.43 Å². The molecule has 2 rings (SSSR count). The van der Waals surface area contributed by atoms with Crippen molar-refractivity contribution >= 4 is 39.6 Å². The van der Waals surface area contributed by atoms with E-state index in [1.54, 1.807) is 57.4 Å². The summed E-state index contributed by atoms with van der Waals surface area (Å²) >= 11 is 3.31. The molecular weight excluding hydrogens is 454 g/mol. The van der Waals surface area contributed by atoms with E-state index in [1.165, 1.54) is 13.3 Å². The van der Waals surface area contributed by atoms with Gasteiger partial charge in [-0.1, -0.05) is 29.8 Å². The molecule has 0 aliphatic carbocycles. The molecular formula is C21H24BrN3O5. The number of carbonyl (C=O) groups excluding carboxylic acids is 2. The Hall–Kier alpha value is -3.07. The topological polar surface area (TPSA) is 109 Å². The predicted octanol–water partition coefficient (Wildman–Crippen LogP) is 3.53. The maximum Gasteiger partial charge on any atom is 0.252 e. The van der Waals surface area contributed by atoms with Crippen molar-refractivity contribution in [1.29, 1.82) is 0 Å². The molecule has 8 nitrogen and oxygen atoms in total. The number of phenols is 1. The highest BCUT2D eigenvalue weighted by atomic mass is 79.9. The SMILES string of the molecule is COc1ccc(NC(=O)C(C(=O)NN=Cc2cc(Br)cc(OC)c2O)C(C)C)cc1. The number of hydrazone groups is 1. The fourth-order valence-electron chi connectivity index (χ4n) is 2.70. The molecule has 0 saturated heterocycles. The largest absolute Gasteiger partial charge is 0.504 e. The van der Waals surface area contributed by atoms with Crippen molar-refractivity contribution in [3.63, 3.8) is 0 Å². The Kier molecular flexibility index (Phi) is 8.23. The van der Waals surface area contributed by atoms with Crippen LogP contribution in [0.4, 0.5) is 5.69 Å². The van der Waals surface area contributed by atoms with Gasteiger partial charge in [-0.2, -0.15) is 5.10 Å². The minimum atomic E-state index is -0.963. The number of anilines is 1. The first-order valence-corrected chi connectivity index (χ1v) is 9.90. The third-order valence-corrected chi connectivity index (χ3v) is 4.71. The summed E-state index contributed by atoms with van der Waals surface area (Å²) in [6.45, 7) is 3.54. The fourth-order valence-corrected chi connectivity index (χ4v) is 3.16. The van der Waals surface area contributed by atoms with Gasteiger partial charge in [0.2, 0.25) is 5.91 Å². The van der Waals surface area contributed by atoms with Crippen molar-refractivity contribution in [2.75, 3.05) is 19.5 Å². The molecule has 0 spiro atoms. The number of hydrogen-bond donors (Lipinski definition) is 3. The van der Waals surface area contributed by atoms with Crippen LogP contribution in [0.1, 0.15) is 19.4 Å². The zero-order chi connectivity index (χ0) is 22.3. The van der Waals surface area contributed by atoms with Crippen molar-refractivity contribution in [1.82, 2.24) is 5.43 Å². The van der Waals surface area contributed by atoms with Crippen LogP contribution in [0.5, 0.6) is 17.2 Å². The van der Waals surface area contributed by atoms with Crippen molar-refractivity contribution in [2.45, 2.75) is 13.8 Å². The van der Waals surface area contributed by atoms with Crippen LogP contribution in [0.3, 0.4) is 0 Å². The van der Waals surface area contributed by atoms with E-state index in [4.69, 9.17) is 9.47 Å². The molecule has 3 N–H and O–H groups in total. The van der Waals surface area contributed by atoms with Gasteiger partial charge in [0.1, 0.15) is 11.7 Å². The number of nitrogens with one attached hydrogen (secondary N) is 2. The molecule has 2 aromatic rings. The molecule has 0 saturated carbocycles. The van der Waals surface area contributed by atoms with Crippen LogP contribution in [0.25, 0.3) is 0 Å². The molecule has 9 heteroatoms. The van der Waals surface area contributed by atoms with Gasteiger partial charge in [0.15, 0.2) is 11.5 Å². The number of hydrogen-bond acceptors (Lipinski definition) is 6. The first-order chi connectivity index (χ1) is 14.3. The van der Waals surface area contributed by atoms with Gasteiger partial charge in [-0.05, 0) is 42.3 Å². The molecule has 30 heavy (non-hydrogen) atoms. The molecule has 1 unspecified atom stereocenters. The van der Waals surface area contributed by atoms with Gasteiger partial charge < -0.3 is 19.9 Å². The third-order valence-electron chi connectivity index (χ3n) is 4.26. The average molecular weight is 478 g/mol. The van der Waals surface area contributed by atoms with Crippen LogP contribution in [-0.4, -0.2) is 37.4 Å². The molecule has 0 fully saturated rings. The Balaban J connectivity index is 2.09. The van der Waals surface area contributed by atoms with Crippen molar-refractivity contribution in [3.05, 3.63) is 46.4 Å². The summed E-state index contributed by atoms with van der Waals surface area (Å²) in [6.07, 6.45) is 1.28. The second-order valence-corrected chi connectivity index (χ2v) is 7.64. The van der Waals surface area contributed by atoms with Crippen LogP contribution < -0.4 is 20.2 Å². The molecule has 0 aliphatic heterocycles. The fraction of sp³-hybridized carbons (Fsp3) is 0.286. The van der Waals surface area contributed by atoms with Crippen molar-refractivity contribution < 1.29 is 24.2 Å². The van der Waals surface area contributed by atoms with Crippen LogP contribution in [0.2, 0.25) is 0 Å². The highest BCUT2D eigenvalue weighted by Gasteiger charge is 2.30. The number of aromatic hydroxyl groups is 1. The molecule has 160 valence electrons. The monoisotopic (exact) mass is 477 g/mol. The average Bonchev–Trinajstić information content (AvgIpc) is 2.70. The number of benzene rings is 2. The van der Waals surface area contributed by atoms with Gasteiger partial charge in [0.05, 0.1) is 20.4 Å². The lowest BCUT2D eigenvalue weighted by Crippen LogP contribution is -2.39. The summed E-state index contributed by atoms with van der Waals surface area (Å²) in [5.41, 5.74) is 3.25. The summed E-state index contributed by atoms with van der Waals surface area (Å²) in [5, 5.41) is 16.7. The van der Waals surface area contributed by atoms with E-state index in [-0.39, 0.29) is 17.4 Å². The summed E-state index contributed by atoms with van der Waals surface area (Å²) in [5.74, 6) is -1.43. The van der Waals surface area contributed by atoms with Crippen LogP contribution in [0, 0.1) is 11.8 Å². The Morgan fingerprint density at radius 1 is 1.10 bits per heavy atom. The highest BCUT2D eigenvalue weighted by Crippen LogP contribution is 2.32. The second kappa shape index (κ2) is 10.6. The van der Waals surface area contributed by atoms with Gasteiger partial charge >= 0.3 is 0 Å². The normalized spacial score (nSPS) is 11.9. The van der Waals surface area contributed by atoms with Crippen LogP contribution in [-0.2, 0) is 9.59 Å². The summed E-state index contributed by atoms with van der Waals surface area (Å²) < 4.78 is 10.8. The number of nitrogens with zero attached hydrogens (tertiary/aromatic N) is 1. The van der Waals surface area contributed by atoms with E-state index >= 15 is 0 Å².